The number of anilines is 1. The van der Waals surface area contributed by atoms with Gasteiger partial charge in [0.05, 0.1) is 11.0 Å². The first kappa shape index (κ1) is 11.5. The molecule has 1 N–H and O–H groups in total. The zero-order valence-corrected chi connectivity index (χ0v) is 11.4. The number of para-hydroxylation sites is 2. The summed E-state index contributed by atoms with van der Waals surface area (Å²) < 4.78 is 0. The van der Waals surface area contributed by atoms with Crippen molar-refractivity contribution in [2.45, 2.75) is 19.4 Å². The Bertz CT molecular complexity index is 457. The summed E-state index contributed by atoms with van der Waals surface area (Å²) in [5, 5.41) is 0.896. The SMILES string of the molecule is CN(c1nc2ccccc2[nH]1)C(C)(C)CBr. The Morgan fingerprint density at radius 3 is 2.69 bits per heavy atom. The molecule has 4 heteroatoms. The summed E-state index contributed by atoms with van der Waals surface area (Å²) in [6.07, 6.45) is 0. The molecule has 0 bridgehead atoms. The van der Waals surface area contributed by atoms with Crippen LogP contribution in [0.5, 0.6) is 0 Å². The van der Waals surface area contributed by atoms with Gasteiger partial charge in [-0.2, -0.15) is 0 Å². The zero-order valence-electron chi connectivity index (χ0n) is 9.79. The minimum Gasteiger partial charge on any atom is -0.340 e. The fourth-order valence-corrected chi connectivity index (χ4v) is 1.85. The number of fused-ring (bicyclic) bond motifs is 1. The number of hydrogen-bond donors (Lipinski definition) is 1. The zero-order chi connectivity index (χ0) is 11.8. The highest BCUT2D eigenvalue weighted by atomic mass is 79.9. The molecule has 0 unspecified atom stereocenters. The summed E-state index contributed by atoms with van der Waals surface area (Å²) >= 11 is 3.53. The van der Waals surface area contributed by atoms with Crippen LogP contribution in [-0.4, -0.2) is 27.9 Å². The molecular weight excluding hydrogens is 266 g/mol. The summed E-state index contributed by atoms with van der Waals surface area (Å²) in [4.78, 5) is 10.1. The third-order valence-corrected chi connectivity index (χ3v) is 4.30. The van der Waals surface area contributed by atoms with Gasteiger partial charge < -0.3 is 9.88 Å². The average Bonchev–Trinajstić information content (AvgIpc) is 2.71. The van der Waals surface area contributed by atoms with E-state index in [-0.39, 0.29) is 5.54 Å². The number of nitrogens with one attached hydrogen (secondary N) is 1. The molecule has 0 aliphatic heterocycles. The van der Waals surface area contributed by atoms with E-state index in [1.165, 1.54) is 0 Å². The molecule has 86 valence electrons. The minimum atomic E-state index is 0.0356. The van der Waals surface area contributed by atoms with Gasteiger partial charge >= 0.3 is 0 Å². The predicted octanol–water partition coefficient (Wildman–Crippen LogP) is 3.17. The van der Waals surface area contributed by atoms with Crippen molar-refractivity contribution in [1.82, 2.24) is 9.97 Å². The van der Waals surface area contributed by atoms with Crippen LogP contribution in [0.25, 0.3) is 11.0 Å². The van der Waals surface area contributed by atoms with E-state index < -0.39 is 0 Å². The Kier molecular flexibility index (Phi) is 2.93. The first-order valence-electron chi connectivity index (χ1n) is 5.29. The highest BCUT2D eigenvalue weighted by Crippen LogP contribution is 2.23. The molecule has 0 saturated heterocycles. The van der Waals surface area contributed by atoms with Crippen LogP contribution in [-0.2, 0) is 0 Å². The molecule has 0 radical (unpaired) electrons. The third kappa shape index (κ3) is 1.94. The largest absolute Gasteiger partial charge is 0.340 e. The summed E-state index contributed by atoms with van der Waals surface area (Å²) in [5.41, 5.74) is 2.12. The first-order valence-corrected chi connectivity index (χ1v) is 6.41. The Balaban J connectivity index is 2.40. The fourth-order valence-electron chi connectivity index (χ4n) is 1.47. The number of aromatic amines is 1. The average molecular weight is 282 g/mol. The van der Waals surface area contributed by atoms with Crippen LogP contribution in [0.2, 0.25) is 0 Å². The van der Waals surface area contributed by atoms with Crippen LogP contribution in [0.4, 0.5) is 5.95 Å². The van der Waals surface area contributed by atoms with Crippen LogP contribution in [0.3, 0.4) is 0 Å². The van der Waals surface area contributed by atoms with E-state index in [0.717, 1.165) is 22.3 Å². The highest BCUT2D eigenvalue weighted by Gasteiger charge is 2.24. The minimum absolute atomic E-state index is 0.0356. The Hall–Kier alpha value is -1.03. The molecule has 0 spiro atoms. The van der Waals surface area contributed by atoms with Gasteiger partial charge in [-0.3, -0.25) is 0 Å². The van der Waals surface area contributed by atoms with Crippen molar-refractivity contribution in [2.75, 3.05) is 17.3 Å². The Morgan fingerprint density at radius 2 is 2.06 bits per heavy atom. The Labute approximate surface area is 104 Å². The number of halogens is 1. The number of nitrogens with zero attached hydrogens (tertiary/aromatic N) is 2. The van der Waals surface area contributed by atoms with Gasteiger partial charge in [-0.05, 0) is 26.0 Å². The lowest BCUT2D eigenvalue weighted by Crippen LogP contribution is -2.43. The summed E-state index contributed by atoms with van der Waals surface area (Å²) in [7, 11) is 2.05. The number of imidazole rings is 1. The van der Waals surface area contributed by atoms with Gasteiger partial charge in [0.2, 0.25) is 5.95 Å². The van der Waals surface area contributed by atoms with Crippen molar-refractivity contribution in [3.8, 4) is 0 Å². The van der Waals surface area contributed by atoms with Gasteiger partial charge in [0.15, 0.2) is 0 Å². The van der Waals surface area contributed by atoms with Gasteiger partial charge in [-0.15, -0.1) is 0 Å². The lowest BCUT2D eigenvalue weighted by atomic mass is 10.1. The lowest BCUT2D eigenvalue weighted by molar-refractivity contribution is 0.543. The monoisotopic (exact) mass is 281 g/mol. The first-order chi connectivity index (χ1) is 7.54. The standard InChI is InChI=1S/C12H16BrN3/c1-12(2,8-13)16(3)11-14-9-6-4-5-7-10(9)15-11/h4-7H,8H2,1-3H3,(H,14,15). The number of rotatable bonds is 3. The van der Waals surface area contributed by atoms with Gasteiger partial charge in [-0.25, -0.2) is 4.98 Å². The molecule has 3 nitrogen and oxygen atoms in total. The second-order valence-electron chi connectivity index (χ2n) is 4.58. The third-order valence-electron chi connectivity index (χ3n) is 2.93. The van der Waals surface area contributed by atoms with E-state index in [2.05, 4.69) is 51.7 Å². The van der Waals surface area contributed by atoms with Crippen molar-refractivity contribution in [2.24, 2.45) is 0 Å². The summed E-state index contributed by atoms with van der Waals surface area (Å²) in [5.74, 6) is 0.908. The van der Waals surface area contributed by atoms with Crippen LogP contribution in [0.1, 0.15) is 13.8 Å². The predicted molar refractivity (Wildman–Crippen MR) is 72.4 cm³/mol. The van der Waals surface area contributed by atoms with Crippen molar-refractivity contribution < 1.29 is 0 Å². The number of alkyl halides is 1. The van der Waals surface area contributed by atoms with Gasteiger partial charge in [0, 0.05) is 17.9 Å². The van der Waals surface area contributed by atoms with Gasteiger partial charge in [-0.1, -0.05) is 28.1 Å². The van der Waals surface area contributed by atoms with Crippen molar-refractivity contribution >= 4 is 32.9 Å². The van der Waals surface area contributed by atoms with Gasteiger partial charge in [0.1, 0.15) is 0 Å². The molecule has 0 aliphatic carbocycles. The molecule has 2 rings (SSSR count). The second kappa shape index (κ2) is 4.09. The second-order valence-corrected chi connectivity index (χ2v) is 5.14. The molecule has 0 fully saturated rings. The number of benzene rings is 1. The topological polar surface area (TPSA) is 31.9 Å². The van der Waals surface area contributed by atoms with E-state index in [4.69, 9.17) is 0 Å². The molecule has 0 aliphatic rings. The maximum Gasteiger partial charge on any atom is 0.204 e. The van der Waals surface area contributed by atoms with E-state index in [9.17, 15) is 0 Å². The van der Waals surface area contributed by atoms with Crippen molar-refractivity contribution in [3.63, 3.8) is 0 Å². The molecule has 1 aromatic heterocycles. The van der Waals surface area contributed by atoms with E-state index in [0.29, 0.717) is 0 Å². The smallest absolute Gasteiger partial charge is 0.204 e. The number of hydrogen-bond acceptors (Lipinski definition) is 2. The van der Waals surface area contributed by atoms with Crippen LogP contribution in [0, 0.1) is 0 Å². The lowest BCUT2D eigenvalue weighted by Gasteiger charge is -2.33. The Morgan fingerprint density at radius 1 is 1.38 bits per heavy atom. The van der Waals surface area contributed by atoms with Crippen molar-refractivity contribution in [1.29, 1.82) is 0 Å². The summed E-state index contributed by atoms with van der Waals surface area (Å²) in [6, 6.07) is 8.08. The van der Waals surface area contributed by atoms with Crippen LogP contribution in [0.15, 0.2) is 24.3 Å². The quantitative estimate of drug-likeness (QED) is 0.877. The molecule has 0 atom stereocenters. The molecule has 2 aromatic rings. The van der Waals surface area contributed by atoms with Crippen LogP contribution >= 0.6 is 15.9 Å². The number of aromatic nitrogens is 2. The maximum atomic E-state index is 4.58. The van der Waals surface area contributed by atoms with Crippen molar-refractivity contribution in [3.05, 3.63) is 24.3 Å². The number of H-pyrrole nitrogens is 1. The maximum absolute atomic E-state index is 4.58. The molecular formula is C12H16BrN3. The van der Waals surface area contributed by atoms with Gasteiger partial charge in [0.25, 0.3) is 0 Å². The van der Waals surface area contributed by atoms with E-state index >= 15 is 0 Å². The molecule has 16 heavy (non-hydrogen) atoms. The molecule has 1 aromatic carbocycles. The van der Waals surface area contributed by atoms with Crippen LogP contribution < -0.4 is 4.90 Å². The molecule has 1 heterocycles. The van der Waals surface area contributed by atoms with E-state index in [1.807, 2.05) is 24.3 Å². The molecule has 0 amide bonds. The highest BCUT2D eigenvalue weighted by molar-refractivity contribution is 9.09. The van der Waals surface area contributed by atoms with E-state index in [1.54, 1.807) is 0 Å². The summed E-state index contributed by atoms with van der Waals surface area (Å²) in [6.45, 7) is 4.35. The molecule has 0 saturated carbocycles. The normalized spacial score (nSPS) is 12.0. The fraction of sp³-hybridized carbons (Fsp3) is 0.417.